The molecule has 0 aliphatic carbocycles. The Labute approximate surface area is 127 Å². The highest BCUT2D eigenvalue weighted by Gasteiger charge is 2.36. The Bertz CT molecular complexity index is 514. The fourth-order valence-corrected chi connectivity index (χ4v) is 2.62. The van der Waals surface area contributed by atoms with E-state index in [2.05, 4.69) is 5.32 Å². The van der Waals surface area contributed by atoms with E-state index in [-0.39, 0.29) is 5.75 Å². The number of piperazine rings is 1. The van der Waals surface area contributed by atoms with Crippen molar-refractivity contribution in [2.24, 2.45) is 0 Å². The van der Waals surface area contributed by atoms with Gasteiger partial charge in [0.2, 0.25) is 0 Å². The summed E-state index contributed by atoms with van der Waals surface area (Å²) in [4.78, 5) is 12.8. The number of halogens is 3. The molecule has 0 bridgehead atoms. The Hall–Kier alpha value is -1.60. The van der Waals surface area contributed by atoms with Crippen molar-refractivity contribution >= 4 is 5.97 Å². The van der Waals surface area contributed by atoms with Gasteiger partial charge in [-0.2, -0.15) is 13.2 Å². The van der Waals surface area contributed by atoms with Gasteiger partial charge in [0.15, 0.2) is 0 Å². The Kier molecular flexibility index (Phi) is 5.42. The van der Waals surface area contributed by atoms with Gasteiger partial charge in [0.25, 0.3) is 0 Å². The van der Waals surface area contributed by atoms with Gasteiger partial charge < -0.3 is 10.1 Å². The molecule has 4 nitrogen and oxygen atoms in total. The Balaban J connectivity index is 2.25. The molecular weight excluding hydrogens is 297 g/mol. The molecule has 1 saturated heterocycles. The second-order valence-corrected chi connectivity index (χ2v) is 5.29. The van der Waals surface area contributed by atoms with Crippen molar-refractivity contribution in [3.05, 3.63) is 29.8 Å². The zero-order chi connectivity index (χ0) is 16.2. The summed E-state index contributed by atoms with van der Waals surface area (Å²) in [6, 6.07) is 5.57. The van der Waals surface area contributed by atoms with Crippen molar-refractivity contribution in [2.45, 2.75) is 25.6 Å². The molecule has 2 rings (SSSR count). The topological polar surface area (TPSA) is 41.6 Å². The highest BCUT2D eigenvalue weighted by atomic mass is 19.4. The van der Waals surface area contributed by atoms with Crippen LogP contribution < -0.4 is 10.1 Å². The van der Waals surface area contributed by atoms with E-state index in [1.807, 2.05) is 4.90 Å². The molecule has 0 saturated carbocycles. The molecule has 122 valence electrons. The number of hydrogen-bond acceptors (Lipinski definition) is 4. The van der Waals surface area contributed by atoms with Crippen LogP contribution in [0.5, 0.6) is 5.75 Å². The Morgan fingerprint density at radius 2 is 2.05 bits per heavy atom. The largest absolute Gasteiger partial charge is 0.427 e. The van der Waals surface area contributed by atoms with Gasteiger partial charge in [-0.3, -0.25) is 9.69 Å². The average Bonchev–Trinajstić information content (AvgIpc) is 2.44. The minimum absolute atomic E-state index is 0.271. The molecule has 1 aliphatic heterocycles. The number of benzene rings is 1. The molecule has 22 heavy (non-hydrogen) atoms. The summed E-state index contributed by atoms with van der Waals surface area (Å²) in [5, 5.41) is 3.13. The predicted molar refractivity (Wildman–Crippen MR) is 75.6 cm³/mol. The third kappa shape index (κ3) is 4.99. The van der Waals surface area contributed by atoms with E-state index in [9.17, 15) is 18.0 Å². The molecule has 1 heterocycles. The molecule has 1 fully saturated rings. The molecule has 0 spiro atoms. The quantitative estimate of drug-likeness (QED) is 0.684. The molecule has 0 radical (unpaired) electrons. The number of rotatable bonds is 4. The smallest absolute Gasteiger partial charge is 0.390 e. The first-order chi connectivity index (χ1) is 10.3. The maximum absolute atomic E-state index is 12.9. The van der Waals surface area contributed by atoms with E-state index in [0.29, 0.717) is 31.7 Å². The van der Waals surface area contributed by atoms with Crippen molar-refractivity contribution in [2.75, 3.05) is 26.2 Å². The van der Waals surface area contributed by atoms with Crippen molar-refractivity contribution in [3.63, 3.8) is 0 Å². The minimum Gasteiger partial charge on any atom is -0.427 e. The van der Waals surface area contributed by atoms with Gasteiger partial charge in [0, 0.05) is 39.1 Å². The van der Waals surface area contributed by atoms with Crippen LogP contribution in [0.4, 0.5) is 13.2 Å². The molecule has 1 aromatic carbocycles. The van der Waals surface area contributed by atoms with Gasteiger partial charge in [0.05, 0.1) is 6.42 Å². The highest BCUT2D eigenvalue weighted by molar-refractivity contribution is 5.69. The van der Waals surface area contributed by atoms with Crippen molar-refractivity contribution in [1.82, 2.24) is 10.2 Å². The normalized spacial score (nSPS) is 18.0. The SMILES string of the molecule is CC(=O)Oc1cccc([C@@H](CC(F)(F)F)N2CCNCC2)c1. The third-order valence-corrected chi connectivity index (χ3v) is 3.52. The van der Waals surface area contributed by atoms with Crippen LogP contribution in [0.15, 0.2) is 24.3 Å². The number of nitrogens with one attached hydrogen (secondary N) is 1. The lowest BCUT2D eigenvalue weighted by Gasteiger charge is -2.35. The van der Waals surface area contributed by atoms with E-state index >= 15 is 0 Å². The first-order valence-electron chi connectivity index (χ1n) is 7.15. The number of nitrogens with zero attached hydrogens (tertiary/aromatic N) is 1. The van der Waals surface area contributed by atoms with E-state index < -0.39 is 24.6 Å². The lowest BCUT2D eigenvalue weighted by atomic mass is 10.0. The fraction of sp³-hybridized carbons (Fsp3) is 0.533. The second kappa shape index (κ2) is 7.11. The molecule has 1 atom stereocenters. The zero-order valence-electron chi connectivity index (χ0n) is 12.3. The van der Waals surface area contributed by atoms with E-state index in [4.69, 9.17) is 4.74 Å². The average molecular weight is 316 g/mol. The number of alkyl halides is 3. The molecule has 0 amide bonds. The van der Waals surface area contributed by atoms with Crippen LogP contribution in [0, 0.1) is 0 Å². The lowest BCUT2D eigenvalue weighted by Crippen LogP contribution is -2.46. The van der Waals surface area contributed by atoms with Crippen LogP contribution >= 0.6 is 0 Å². The first-order valence-corrected chi connectivity index (χ1v) is 7.15. The Morgan fingerprint density at radius 1 is 1.36 bits per heavy atom. The van der Waals surface area contributed by atoms with Crippen molar-refractivity contribution in [1.29, 1.82) is 0 Å². The number of carbonyl (C=O) groups excluding carboxylic acids is 1. The maximum Gasteiger partial charge on any atom is 0.390 e. The van der Waals surface area contributed by atoms with Crippen molar-refractivity contribution in [3.8, 4) is 5.75 Å². The van der Waals surface area contributed by atoms with Crippen LogP contribution in [0.3, 0.4) is 0 Å². The lowest BCUT2D eigenvalue weighted by molar-refractivity contribution is -0.148. The Morgan fingerprint density at radius 3 is 2.64 bits per heavy atom. The second-order valence-electron chi connectivity index (χ2n) is 5.29. The molecular formula is C15H19F3N2O2. The van der Waals surface area contributed by atoms with Gasteiger partial charge in [-0.15, -0.1) is 0 Å². The van der Waals surface area contributed by atoms with Crippen LogP contribution in [0.1, 0.15) is 24.9 Å². The molecule has 1 aromatic rings. The first kappa shape index (κ1) is 16.8. The molecule has 7 heteroatoms. The molecule has 1 N–H and O–H groups in total. The van der Waals surface area contributed by atoms with Gasteiger partial charge in [-0.05, 0) is 17.7 Å². The van der Waals surface area contributed by atoms with E-state index in [1.165, 1.54) is 13.0 Å². The predicted octanol–water partition coefficient (Wildman–Crippen LogP) is 2.51. The van der Waals surface area contributed by atoms with Crippen LogP contribution in [-0.2, 0) is 4.79 Å². The van der Waals surface area contributed by atoms with Gasteiger partial charge in [0.1, 0.15) is 5.75 Å². The number of carbonyl (C=O) groups is 1. The summed E-state index contributed by atoms with van der Waals surface area (Å²) in [5.74, 6) is -0.223. The van der Waals surface area contributed by atoms with Gasteiger partial charge >= 0.3 is 12.1 Å². The number of hydrogen-bond donors (Lipinski definition) is 1. The van der Waals surface area contributed by atoms with Crippen LogP contribution in [0.2, 0.25) is 0 Å². The van der Waals surface area contributed by atoms with Crippen LogP contribution in [0.25, 0.3) is 0 Å². The highest BCUT2D eigenvalue weighted by Crippen LogP contribution is 2.35. The van der Waals surface area contributed by atoms with Gasteiger partial charge in [-0.1, -0.05) is 12.1 Å². The minimum atomic E-state index is -4.26. The standard InChI is InChI=1S/C15H19F3N2O2/c1-11(21)22-13-4-2-3-12(9-13)14(10-15(16,17)18)20-7-5-19-6-8-20/h2-4,9,14,19H,5-8,10H2,1H3/t14-/m1/s1. The summed E-state index contributed by atoms with van der Waals surface area (Å²) >= 11 is 0. The number of esters is 1. The summed E-state index contributed by atoms with van der Waals surface area (Å²) in [6.07, 6.45) is -5.18. The zero-order valence-corrected chi connectivity index (χ0v) is 12.3. The summed E-state index contributed by atoms with van der Waals surface area (Å²) < 4.78 is 43.8. The van der Waals surface area contributed by atoms with Crippen LogP contribution in [-0.4, -0.2) is 43.2 Å². The van der Waals surface area contributed by atoms with E-state index in [1.54, 1.807) is 18.2 Å². The summed E-state index contributed by atoms with van der Waals surface area (Å²) in [6.45, 7) is 3.70. The molecule has 0 unspecified atom stereocenters. The van der Waals surface area contributed by atoms with Gasteiger partial charge in [-0.25, -0.2) is 0 Å². The summed E-state index contributed by atoms with van der Waals surface area (Å²) in [5.41, 5.74) is 0.512. The summed E-state index contributed by atoms with van der Waals surface area (Å²) in [7, 11) is 0. The molecule has 1 aliphatic rings. The monoisotopic (exact) mass is 316 g/mol. The number of ether oxygens (including phenoxy) is 1. The maximum atomic E-state index is 12.9. The molecule has 0 aromatic heterocycles. The van der Waals surface area contributed by atoms with Crippen molar-refractivity contribution < 1.29 is 22.7 Å². The fourth-order valence-electron chi connectivity index (χ4n) is 2.62. The van der Waals surface area contributed by atoms with E-state index in [0.717, 1.165) is 0 Å². The third-order valence-electron chi connectivity index (χ3n) is 3.52.